The smallest absolute Gasteiger partial charge is 0.228 e. The Bertz CT molecular complexity index is 581. The molecule has 0 aliphatic rings. The highest BCUT2D eigenvalue weighted by Gasteiger charge is 2.14. The molecule has 0 saturated heterocycles. The Kier molecular flexibility index (Phi) is 5.45. The number of ether oxygens (including phenoxy) is 1. The van der Waals surface area contributed by atoms with Gasteiger partial charge >= 0.3 is 0 Å². The van der Waals surface area contributed by atoms with Crippen molar-refractivity contribution in [2.75, 3.05) is 20.3 Å². The highest BCUT2D eigenvalue weighted by Crippen LogP contribution is 2.20. The number of carbonyl (C=O) groups is 1. The molecule has 0 aromatic carbocycles. The van der Waals surface area contributed by atoms with E-state index < -0.39 is 0 Å². The molecule has 1 amide bonds. The average molecular weight is 289 g/mol. The Hall–Kier alpha value is -2.21. The van der Waals surface area contributed by atoms with E-state index >= 15 is 0 Å². The summed E-state index contributed by atoms with van der Waals surface area (Å²) in [5.41, 5.74) is 1.45. The van der Waals surface area contributed by atoms with E-state index in [0.29, 0.717) is 30.5 Å². The Balaban J connectivity index is 1.95. The fourth-order valence-corrected chi connectivity index (χ4v) is 1.86. The average Bonchev–Trinajstić information content (AvgIpc) is 2.86. The molecule has 0 fully saturated rings. The Morgan fingerprint density at radius 1 is 1.48 bits per heavy atom. The number of methoxy groups -OCH3 is 1. The molecule has 0 saturated carbocycles. The molecular formula is C15H19N3O3. The standard InChI is InChI=1S/C15H19N3O3/c1-11-13(9-14(19)17-7-4-8-20-2)18-15(21-11)12-5-3-6-16-10-12/h3,5-6,10H,4,7-9H2,1-2H3,(H,17,19). The summed E-state index contributed by atoms with van der Waals surface area (Å²) in [7, 11) is 1.64. The summed E-state index contributed by atoms with van der Waals surface area (Å²) in [6, 6.07) is 3.68. The minimum Gasteiger partial charge on any atom is -0.441 e. The number of rotatable bonds is 7. The van der Waals surface area contributed by atoms with Crippen molar-refractivity contribution in [2.45, 2.75) is 19.8 Å². The molecule has 0 bridgehead atoms. The van der Waals surface area contributed by atoms with Gasteiger partial charge in [-0.15, -0.1) is 0 Å². The molecule has 0 radical (unpaired) electrons. The molecule has 21 heavy (non-hydrogen) atoms. The maximum atomic E-state index is 11.8. The highest BCUT2D eigenvalue weighted by molar-refractivity contribution is 5.78. The SMILES string of the molecule is COCCCNC(=O)Cc1nc(-c2cccnc2)oc1C. The Morgan fingerprint density at radius 2 is 2.33 bits per heavy atom. The third-order valence-electron chi connectivity index (χ3n) is 2.98. The van der Waals surface area contributed by atoms with Crippen LogP contribution in [0.25, 0.3) is 11.5 Å². The van der Waals surface area contributed by atoms with Gasteiger partial charge in [0.25, 0.3) is 0 Å². The highest BCUT2D eigenvalue weighted by atomic mass is 16.5. The van der Waals surface area contributed by atoms with E-state index in [4.69, 9.17) is 9.15 Å². The van der Waals surface area contributed by atoms with Gasteiger partial charge in [-0.2, -0.15) is 0 Å². The minimum atomic E-state index is -0.0692. The van der Waals surface area contributed by atoms with Crippen LogP contribution in [0.1, 0.15) is 17.9 Å². The largest absolute Gasteiger partial charge is 0.441 e. The van der Waals surface area contributed by atoms with Crippen LogP contribution in [0, 0.1) is 6.92 Å². The zero-order chi connectivity index (χ0) is 15.1. The summed E-state index contributed by atoms with van der Waals surface area (Å²) in [5.74, 6) is 1.07. The lowest BCUT2D eigenvalue weighted by molar-refractivity contribution is -0.120. The van der Waals surface area contributed by atoms with Crippen molar-refractivity contribution in [1.82, 2.24) is 15.3 Å². The molecule has 112 valence electrons. The zero-order valence-corrected chi connectivity index (χ0v) is 12.3. The van der Waals surface area contributed by atoms with Crippen LogP contribution in [0.3, 0.4) is 0 Å². The van der Waals surface area contributed by atoms with E-state index in [-0.39, 0.29) is 12.3 Å². The van der Waals surface area contributed by atoms with Crippen molar-refractivity contribution in [1.29, 1.82) is 0 Å². The summed E-state index contributed by atoms with van der Waals surface area (Å²) in [6.45, 7) is 3.04. The van der Waals surface area contributed by atoms with Gasteiger partial charge in [-0.05, 0) is 25.5 Å². The number of aromatic nitrogens is 2. The number of hydrogen-bond acceptors (Lipinski definition) is 5. The lowest BCUT2D eigenvalue weighted by atomic mass is 10.2. The second-order valence-corrected chi connectivity index (χ2v) is 4.64. The summed E-state index contributed by atoms with van der Waals surface area (Å²) < 4.78 is 10.5. The number of hydrogen-bond donors (Lipinski definition) is 1. The van der Waals surface area contributed by atoms with Gasteiger partial charge in [0.15, 0.2) is 0 Å². The molecule has 0 atom stereocenters. The van der Waals surface area contributed by atoms with E-state index in [0.717, 1.165) is 12.0 Å². The van der Waals surface area contributed by atoms with Crippen LogP contribution in [-0.4, -0.2) is 36.1 Å². The monoisotopic (exact) mass is 289 g/mol. The predicted molar refractivity (Wildman–Crippen MR) is 77.7 cm³/mol. The number of carbonyl (C=O) groups excluding carboxylic acids is 1. The topological polar surface area (TPSA) is 77.2 Å². The first-order chi connectivity index (χ1) is 10.2. The molecule has 0 aliphatic carbocycles. The van der Waals surface area contributed by atoms with Gasteiger partial charge in [-0.3, -0.25) is 9.78 Å². The second-order valence-electron chi connectivity index (χ2n) is 4.64. The van der Waals surface area contributed by atoms with E-state index in [2.05, 4.69) is 15.3 Å². The van der Waals surface area contributed by atoms with Gasteiger partial charge in [0.05, 0.1) is 17.7 Å². The van der Waals surface area contributed by atoms with Crippen molar-refractivity contribution < 1.29 is 13.9 Å². The Morgan fingerprint density at radius 3 is 3.05 bits per heavy atom. The van der Waals surface area contributed by atoms with E-state index in [1.165, 1.54) is 0 Å². The summed E-state index contributed by atoms with van der Waals surface area (Å²) >= 11 is 0. The van der Waals surface area contributed by atoms with Crippen molar-refractivity contribution in [3.63, 3.8) is 0 Å². The van der Waals surface area contributed by atoms with Crippen LogP contribution in [0.15, 0.2) is 28.9 Å². The lowest BCUT2D eigenvalue weighted by Gasteiger charge is -2.03. The molecule has 0 unspecified atom stereocenters. The van der Waals surface area contributed by atoms with Crippen molar-refractivity contribution in [3.05, 3.63) is 36.0 Å². The molecule has 1 N–H and O–H groups in total. The summed E-state index contributed by atoms with van der Waals surface area (Å²) in [6.07, 6.45) is 4.37. The van der Waals surface area contributed by atoms with Gasteiger partial charge < -0.3 is 14.5 Å². The van der Waals surface area contributed by atoms with E-state index in [1.807, 2.05) is 12.1 Å². The third kappa shape index (κ3) is 4.39. The second kappa shape index (κ2) is 7.54. The first-order valence-electron chi connectivity index (χ1n) is 6.83. The molecule has 6 heteroatoms. The third-order valence-corrected chi connectivity index (χ3v) is 2.98. The number of oxazole rings is 1. The van der Waals surface area contributed by atoms with Gasteiger partial charge in [0, 0.05) is 32.7 Å². The number of nitrogens with one attached hydrogen (secondary N) is 1. The number of nitrogens with zero attached hydrogens (tertiary/aromatic N) is 2. The molecule has 6 nitrogen and oxygen atoms in total. The van der Waals surface area contributed by atoms with Crippen LogP contribution >= 0.6 is 0 Å². The lowest BCUT2D eigenvalue weighted by Crippen LogP contribution is -2.27. The number of aryl methyl sites for hydroxylation is 1. The number of amides is 1. The summed E-state index contributed by atoms with van der Waals surface area (Å²) in [5, 5.41) is 2.83. The normalized spacial score (nSPS) is 10.6. The van der Waals surface area contributed by atoms with E-state index in [9.17, 15) is 4.79 Å². The van der Waals surface area contributed by atoms with Gasteiger partial charge in [-0.1, -0.05) is 0 Å². The molecule has 0 aliphatic heterocycles. The predicted octanol–water partition coefficient (Wildman–Crippen LogP) is 1.74. The minimum absolute atomic E-state index is 0.0692. The number of pyridine rings is 1. The van der Waals surface area contributed by atoms with Crippen molar-refractivity contribution >= 4 is 5.91 Å². The van der Waals surface area contributed by atoms with E-state index in [1.54, 1.807) is 26.4 Å². The van der Waals surface area contributed by atoms with Crippen LogP contribution in [0.4, 0.5) is 0 Å². The van der Waals surface area contributed by atoms with Crippen LogP contribution in [0.5, 0.6) is 0 Å². The fourth-order valence-electron chi connectivity index (χ4n) is 1.86. The van der Waals surface area contributed by atoms with Crippen LogP contribution < -0.4 is 5.32 Å². The maximum absolute atomic E-state index is 11.8. The quantitative estimate of drug-likeness (QED) is 0.786. The van der Waals surface area contributed by atoms with Crippen LogP contribution in [-0.2, 0) is 16.0 Å². The molecule has 2 heterocycles. The van der Waals surface area contributed by atoms with Gasteiger partial charge in [0.1, 0.15) is 5.76 Å². The Labute approximate surface area is 123 Å². The first kappa shape index (κ1) is 15.2. The van der Waals surface area contributed by atoms with Gasteiger partial charge in [-0.25, -0.2) is 4.98 Å². The molecule has 0 spiro atoms. The van der Waals surface area contributed by atoms with Gasteiger partial charge in [0.2, 0.25) is 11.8 Å². The molecular weight excluding hydrogens is 270 g/mol. The van der Waals surface area contributed by atoms with Crippen molar-refractivity contribution in [3.8, 4) is 11.5 Å². The first-order valence-corrected chi connectivity index (χ1v) is 6.83. The fraction of sp³-hybridized carbons (Fsp3) is 0.400. The van der Waals surface area contributed by atoms with Crippen molar-refractivity contribution in [2.24, 2.45) is 0 Å². The summed E-state index contributed by atoms with van der Waals surface area (Å²) in [4.78, 5) is 20.2. The maximum Gasteiger partial charge on any atom is 0.228 e. The zero-order valence-electron chi connectivity index (χ0n) is 12.3. The molecule has 2 aromatic heterocycles. The molecule has 2 rings (SSSR count). The van der Waals surface area contributed by atoms with Crippen LogP contribution in [0.2, 0.25) is 0 Å². The molecule has 2 aromatic rings.